The van der Waals surface area contributed by atoms with Crippen LogP contribution in [-0.2, 0) is 0 Å². The van der Waals surface area contributed by atoms with E-state index in [2.05, 4.69) is 0 Å². The van der Waals surface area contributed by atoms with Crippen molar-refractivity contribution >= 4 is 0 Å². The van der Waals surface area contributed by atoms with Gasteiger partial charge in [-0.15, -0.1) is 0 Å². The van der Waals surface area contributed by atoms with Crippen LogP contribution in [0.2, 0.25) is 0 Å². The highest BCUT2D eigenvalue weighted by atomic mass is 19.3. The molecular weight excluding hydrogens is 134 g/mol. The molecule has 0 N–H and O–H groups in total. The van der Waals surface area contributed by atoms with Gasteiger partial charge in [0.05, 0.1) is 0 Å². The summed E-state index contributed by atoms with van der Waals surface area (Å²) in [5.41, 5.74) is 0. The van der Waals surface area contributed by atoms with Gasteiger partial charge in [-0.05, 0) is 12.3 Å². The number of rotatable bonds is 3. The molecule has 0 atom stereocenters. The predicted molar refractivity (Wildman–Crippen MR) is 41.4 cm³/mol. The fourth-order valence-corrected chi connectivity index (χ4v) is 0.459. The third-order valence-electron chi connectivity index (χ3n) is 0.962. The van der Waals surface area contributed by atoms with E-state index in [1.807, 2.05) is 27.7 Å². The standard InChI is InChI=1S/C6H12F2.C2H6/c1-5(2)3-4-6(7)8;1-2/h5-6H,3-4H2,1-2H3;1-2H3. The van der Waals surface area contributed by atoms with E-state index in [0.29, 0.717) is 12.3 Å². The van der Waals surface area contributed by atoms with E-state index in [9.17, 15) is 8.78 Å². The molecule has 0 aliphatic heterocycles. The minimum atomic E-state index is -2.11. The van der Waals surface area contributed by atoms with Gasteiger partial charge in [-0.25, -0.2) is 8.78 Å². The minimum Gasteiger partial charge on any atom is -0.211 e. The third-order valence-corrected chi connectivity index (χ3v) is 0.962. The number of alkyl halides is 2. The SMILES string of the molecule is CC.CC(C)CCC(F)F. The maximum absolute atomic E-state index is 11.4. The Labute approximate surface area is 62.6 Å². The number of hydrogen-bond acceptors (Lipinski definition) is 0. The molecule has 0 saturated carbocycles. The normalized spacial score (nSPS) is 9.60. The van der Waals surface area contributed by atoms with Gasteiger partial charge in [-0.1, -0.05) is 27.7 Å². The Kier molecular flexibility index (Phi) is 11.1. The molecule has 0 bridgehead atoms. The van der Waals surface area contributed by atoms with Gasteiger partial charge < -0.3 is 0 Å². The van der Waals surface area contributed by atoms with Crippen molar-refractivity contribution in [2.75, 3.05) is 0 Å². The van der Waals surface area contributed by atoms with Gasteiger partial charge in [0.2, 0.25) is 6.43 Å². The summed E-state index contributed by atoms with van der Waals surface area (Å²) in [6.45, 7) is 7.89. The molecule has 0 heterocycles. The molecule has 0 aromatic carbocycles. The molecule has 0 nitrogen and oxygen atoms in total. The van der Waals surface area contributed by atoms with Crippen LogP contribution in [0.4, 0.5) is 8.78 Å². The van der Waals surface area contributed by atoms with Crippen molar-refractivity contribution in [1.82, 2.24) is 0 Å². The van der Waals surface area contributed by atoms with Crippen LogP contribution < -0.4 is 0 Å². The van der Waals surface area contributed by atoms with Crippen LogP contribution in [0.1, 0.15) is 40.5 Å². The summed E-state index contributed by atoms with van der Waals surface area (Å²) in [6, 6.07) is 0. The molecule has 0 aromatic heterocycles. The quantitative estimate of drug-likeness (QED) is 0.578. The number of halogens is 2. The lowest BCUT2D eigenvalue weighted by Crippen LogP contribution is -1.94. The van der Waals surface area contributed by atoms with E-state index in [4.69, 9.17) is 0 Å². The highest BCUT2D eigenvalue weighted by Crippen LogP contribution is 2.09. The fraction of sp³-hybridized carbons (Fsp3) is 1.00. The van der Waals surface area contributed by atoms with Crippen molar-refractivity contribution in [3.05, 3.63) is 0 Å². The lowest BCUT2D eigenvalue weighted by atomic mass is 10.1. The lowest BCUT2D eigenvalue weighted by Gasteiger charge is -2.01. The molecule has 0 spiro atoms. The second-order valence-electron chi connectivity index (χ2n) is 2.36. The van der Waals surface area contributed by atoms with Crippen molar-refractivity contribution in [2.45, 2.75) is 47.0 Å². The first-order valence-corrected chi connectivity index (χ1v) is 3.91. The molecule has 64 valence electrons. The van der Waals surface area contributed by atoms with E-state index >= 15 is 0 Å². The molecule has 0 amide bonds. The molecule has 0 unspecified atom stereocenters. The summed E-state index contributed by atoms with van der Waals surface area (Å²) in [5.74, 6) is 0.406. The van der Waals surface area contributed by atoms with Crippen molar-refractivity contribution in [3.63, 3.8) is 0 Å². The maximum Gasteiger partial charge on any atom is 0.238 e. The van der Waals surface area contributed by atoms with Gasteiger partial charge in [0.25, 0.3) is 0 Å². The summed E-state index contributed by atoms with van der Waals surface area (Å²) in [7, 11) is 0. The second-order valence-corrected chi connectivity index (χ2v) is 2.36. The van der Waals surface area contributed by atoms with E-state index in [1.54, 1.807) is 0 Å². The van der Waals surface area contributed by atoms with Crippen molar-refractivity contribution in [1.29, 1.82) is 0 Å². The summed E-state index contributed by atoms with van der Waals surface area (Å²) in [6.07, 6.45) is -1.42. The fourth-order valence-electron chi connectivity index (χ4n) is 0.459. The molecule has 0 fully saturated rings. The number of hydrogen-bond donors (Lipinski definition) is 0. The molecule has 0 rings (SSSR count). The molecule has 2 heteroatoms. The van der Waals surface area contributed by atoms with Crippen LogP contribution in [0, 0.1) is 5.92 Å². The van der Waals surface area contributed by atoms with E-state index in [0.717, 1.165) is 0 Å². The monoisotopic (exact) mass is 152 g/mol. The van der Waals surface area contributed by atoms with Gasteiger partial charge in [-0.2, -0.15) is 0 Å². The highest BCUT2D eigenvalue weighted by Gasteiger charge is 2.02. The highest BCUT2D eigenvalue weighted by molar-refractivity contribution is 4.46. The Morgan fingerprint density at radius 2 is 1.40 bits per heavy atom. The Bertz CT molecular complexity index is 43.2. The largest absolute Gasteiger partial charge is 0.238 e. The summed E-state index contributed by atoms with van der Waals surface area (Å²) in [4.78, 5) is 0. The molecule has 10 heavy (non-hydrogen) atoms. The van der Waals surface area contributed by atoms with Crippen LogP contribution in [0.5, 0.6) is 0 Å². The van der Waals surface area contributed by atoms with Gasteiger partial charge in [-0.3, -0.25) is 0 Å². The molecule has 0 aliphatic rings. The first-order chi connectivity index (χ1) is 4.63. The maximum atomic E-state index is 11.4. The molecule has 0 aliphatic carbocycles. The summed E-state index contributed by atoms with van der Waals surface area (Å²) < 4.78 is 22.8. The van der Waals surface area contributed by atoms with Crippen LogP contribution in [0.15, 0.2) is 0 Å². The minimum absolute atomic E-state index is 0.0532. The topological polar surface area (TPSA) is 0 Å². The molecule has 0 radical (unpaired) electrons. The molecule has 0 saturated heterocycles. The van der Waals surface area contributed by atoms with Crippen LogP contribution >= 0.6 is 0 Å². The zero-order valence-corrected chi connectivity index (χ0v) is 7.32. The summed E-state index contributed by atoms with van der Waals surface area (Å²) >= 11 is 0. The van der Waals surface area contributed by atoms with Gasteiger partial charge >= 0.3 is 0 Å². The van der Waals surface area contributed by atoms with Gasteiger partial charge in [0, 0.05) is 6.42 Å². The Morgan fingerprint density at radius 1 is 1.00 bits per heavy atom. The first kappa shape index (κ1) is 12.5. The molecular formula is C8H18F2. The predicted octanol–water partition coefficient (Wildman–Crippen LogP) is 3.71. The average Bonchev–Trinajstić information content (AvgIpc) is 1.89. The van der Waals surface area contributed by atoms with E-state index < -0.39 is 6.43 Å². The smallest absolute Gasteiger partial charge is 0.211 e. The zero-order valence-electron chi connectivity index (χ0n) is 7.32. The van der Waals surface area contributed by atoms with Crippen molar-refractivity contribution in [2.24, 2.45) is 5.92 Å². The lowest BCUT2D eigenvalue weighted by molar-refractivity contribution is 0.130. The Hall–Kier alpha value is -0.140. The second kappa shape index (κ2) is 8.86. The third kappa shape index (κ3) is 15.7. The van der Waals surface area contributed by atoms with Crippen LogP contribution in [0.3, 0.4) is 0 Å². The Balaban J connectivity index is 0. The average molecular weight is 152 g/mol. The Morgan fingerprint density at radius 3 is 1.50 bits per heavy atom. The summed E-state index contributed by atoms with van der Waals surface area (Å²) in [5, 5.41) is 0. The van der Waals surface area contributed by atoms with Gasteiger partial charge in [0.15, 0.2) is 0 Å². The van der Waals surface area contributed by atoms with Crippen LogP contribution in [0.25, 0.3) is 0 Å². The zero-order chi connectivity index (χ0) is 8.57. The van der Waals surface area contributed by atoms with Crippen molar-refractivity contribution < 1.29 is 8.78 Å². The van der Waals surface area contributed by atoms with Gasteiger partial charge in [0.1, 0.15) is 0 Å². The molecule has 0 aromatic rings. The first-order valence-electron chi connectivity index (χ1n) is 3.91. The van der Waals surface area contributed by atoms with E-state index in [1.165, 1.54) is 0 Å². The van der Waals surface area contributed by atoms with E-state index in [-0.39, 0.29) is 6.42 Å². The van der Waals surface area contributed by atoms with Crippen molar-refractivity contribution in [3.8, 4) is 0 Å². The van der Waals surface area contributed by atoms with Crippen LogP contribution in [-0.4, -0.2) is 6.43 Å².